The average molecular weight is 411 g/mol. The number of hydrogen-bond donors (Lipinski definition) is 2. The van der Waals surface area contributed by atoms with E-state index in [1.165, 1.54) is 12.8 Å². The number of carbonyl (C=O) groups is 1. The first-order chi connectivity index (χ1) is 9.20. The van der Waals surface area contributed by atoms with Gasteiger partial charge < -0.3 is 15.4 Å². The van der Waals surface area contributed by atoms with Crippen LogP contribution >= 0.6 is 35.0 Å². The Bertz CT molecular complexity index is 451. The van der Waals surface area contributed by atoms with E-state index in [4.69, 9.17) is 4.74 Å². The van der Waals surface area contributed by atoms with Crippen molar-refractivity contribution in [1.29, 1.82) is 0 Å². The van der Waals surface area contributed by atoms with E-state index in [-0.39, 0.29) is 18.3 Å². The summed E-state index contributed by atoms with van der Waals surface area (Å²) in [4.78, 5) is 12.1. The van der Waals surface area contributed by atoms with E-state index in [1.54, 1.807) is 7.11 Å². The molecule has 1 unspecified atom stereocenters. The van der Waals surface area contributed by atoms with Crippen molar-refractivity contribution in [3.8, 4) is 5.75 Å². The fourth-order valence-electron chi connectivity index (χ4n) is 2.24. The maximum atomic E-state index is 12.1. The molecule has 4 nitrogen and oxygen atoms in total. The lowest BCUT2D eigenvalue weighted by Crippen LogP contribution is -2.38. The predicted octanol–water partition coefficient (Wildman–Crippen LogP) is 2.45. The molecule has 1 fully saturated rings. The fraction of sp³-hybridized carbons (Fsp3) is 0.500. The standard InChI is InChI=1S/C14H19IN2O2.ClH/c1-19-11-4-5-12(13(15)7-11)14(18)17-9-10-3-2-6-16-8-10;/h4-5,7,10,16H,2-3,6,8-9H2,1H3,(H,17,18);1H. The maximum absolute atomic E-state index is 12.1. The third kappa shape index (κ3) is 4.79. The van der Waals surface area contributed by atoms with Crippen LogP contribution in [0, 0.1) is 9.49 Å². The lowest BCUT2D eigenvalue weighted by Gasteiger charge is -2.23. The van der Waals surface area contributed by atoms with Crippen molar-refractivity contribution in [2.45, 2.75) is 12.8 Å². The number of benzene rings is 1. The van der Waals surface area contributed by atoms with Crippen LogP contribution in [0.15, 0.2) is 18.2 Å². The summed E-state index contributed by atoms with van der Waals surface area (Å²) in [5.41, 5.74) is 0.713. The second-order valence-corrected chi connectivity index (χ2v) is 5.93. The van der Waals surface area contributed by atoms with Crippen molar-refractivity contribution in [3.05, 3.63) is 27.3 Å². The van der Waals surface area contributed by atoms with Crippen LogP contribution in [0.4, 0.5) is 0 Å². The minimum Gasteiger partial charge on any atom is -0.497 e. The van der Waals surface area contributed by atoms with E-state index in [0.29, 0.717) is 11.5 Å². The highest BCUT2D eigenvalue weighted by Gasteiger charge is 2.15. The summed E-state index contributed by atoms with van der Waals surface area (Å²) in [5, 5.41) is 6.38. The van der Waals surface area contributed by atoms with Crippen LogP contribution in [0.5, 0.6) is 5.75 Å². The topological polar surface area (TPSA) is 50.4 Å². The Balaban J connectivity index is 0.00000200. The van der Waals surface area contributed by atoms with Gasteiger partial charge in [0.25, 0.3) is 5.91 Å². The Labute approximate surface area is 139 Å². The largest absolute Gasteiger partial charge is 0.497 e. The number of ether oxygens (including phenoxy) is 1. The molecule has 0 radical (unpaired) electrons. The highest BCUT2D eigenvalue weighted by Crippen LogP contribution is 2.19. The van der Waals surface area contributed by atoms with E-state index < -0.39 is 0 Å². The van der Waals surface area contributed by atoms with Gasteiger partial charge in [0.2, 0.25) is 0 Å². The predicted molar refractivity (Wildman–Crippen MR) is 90.9 cm³/mol. The molecule has 112 valence electrons. The summed E-state index contributed by atoms with van der Waals surface area (Å²) >= 11 is 2.17. The molecule has 6 heteroatoms. The number of piperidine rings is 1. The van der Waals surface area contributed by atoms with Gasteiger partial charge in [-0.05, 0) is 72.6 Å². The molecule has 1 aromatic carbocycles. The van der Waals surface area contributed by atoms with Crippen molar-refractivity contribution in [2.75, 3.05) is 26.7 Å². The molecule has 1 aliphatic heterocycles. The third-order valence-corrected chi connectivity index (χ3v) is 4.26. The molecule has 1 saturated heterocycles. The van der Waals surface area contributed by atoms with Crippen LogP contribution in [-0.2, 0) is 0 Å². The molecular weight excluding hydrogens is 391 g/mol. The highest BCUT2D eigenvalue weighted by atomic mass is 127. The van der Waals surface area contributed by atoms with Crippen LogP contribution < -0.4 is 15.4 Å². The highest BCUT2D eigenvalue weighted by molar-refractivity contribution is 14.1. The zero-order valence-corrected chi connectivity index (χ0v) is 14.4. The molecule has 1 amide bonds. The summed E-state index contributed by atoms with van der Waals surface area (Å²) in [7, 11) is 1.63. The number of methoxy groups -OCH3 is 1. The number of halogens is 2. The lowest BCUT2D eigenvalue weighted by molar-refractivity contribution is 0.0944. The summed E-state index contributed by atoms with van der Waals surface area (Å²) in [6, 6.07) is 5.51. The zero-order valence-electron chi connectivity index (χ0n) is 11.4. The van der Waals surface area contributed by atoms with E-state index in [0.717, 1.165) is 29.0 Å². The van der Waals surface area contributed by atoms with Gasteiger partial charge in [0.1, 0.15) is 5.75 Å². The van der Waals surface area contributed by atoms with Crippen LogP contribution in [0.1, 0.15) is 23.2 Å². The van der Waals surface area contributed by atoms with E-state index in [1.807, 2.05) is 18.2 Å². The molecule has 2 rings (SSSR count). The Morgan fingerprint density at radius 3 is 2.95 bits per heavy atom. The van der Waals surface area contributed by atoms with Crippen LogP contribution in [0.25, 0.3) is 0 Å². The number of rotatable bonds is 4. The van der Waals surface area contributed by atoms with Gasteiger partial charge in [0, 0.05) is 10.1 Å². The number of nitrogens with one attached hydrogen (secondary N) is 2. The van der Waals surface area contributed by atoms with E-state index in [2.05, 4.69) is 33.2 Å². The van der Waals surface area contributed by atoms with Crippen molar-refractivity contribution >= 4 is 40.9 Å². The molecule has 1 aromatic rings. The molecule has 0 aromatic heterocycles. The van der Waals surface area contributed by atoms with Crippen LogP contribution in [0.2, 0.25) is 0 Å². The van der Waals surface area contributed by atoms with Crippen molar-refractivity contribution in [1.82, 2.24) is 10.6 Å². The van der Waals surface area contributed by atoms with Crippen molar-refractivity contribution in [2.24, 2.45) is 5.92 Å². The zero-order chi connectivity index (χ0) is 13.7. The number of amides is 1. The first-order valence-electron chi connectivity index (χ1n) is 6.53. The van der Waals surface area contributed by atoms with Gasteiger partial charge in [0.05, 0.1) is 12.7 Å². The van der Waals surface area contributed by atoms with Crippen LogP contribution in [-0.4, -0.2) is 32.7 Å². The SMILES string of the molecule is COc1ccc(C(=O)NCC2CCCNC2)c(I)c1.Cl. The number of carbonyl (C=O) groups excluding carboxylic acids is 1. The quantitative estimate of drug-likeness (QED) is 0.750. The second-order valence-electron chi connectivity index (χ2n) is 4.77. The summed E-state index contributed by atoms with van der Waals surface area (Å²) in [6.07, 6.45) is 2.38. The average Bonchev–Trinajstić information content (AvgIpc) is 2.45. The van der Waals surface area contributed by atoms with Gasteiger partial charge in [-0.2, -0.15) is 0 Å². The molecule has 1 heterocycles. The third-order valence-electron chi connectivity index (χ3n) is 3.37. The molecule has 20 heavy (non-hydrogen) atoms. The monoisotopic (exact) mass is 410 g/mol. The van der Waals surface area contributed by atoms with E-state index >= 15 is 0 Å². The first-order valence-corrected chi connectivity index (χ1v) is 7.61. The molecule has 0 aliphatic carbocycles. The normalized spacial score (nSPS) is 18.0. The molecule has 1 atom stereocenters. The fourth-order valence-corrected chi connectivity index (χ4v) is 2.97. The van der Waals surface area contributed by atoms with Gasteiger partial charge in [-0.25, -0.2) is 0 Å². The second kappa shape index (κ2) is 8.69. The Morgan fingerprint density at radius 2 is 2.35 bits per heavy atom. The minimum atomic E-state index is -0.00220. The Kier molecular flexibility index (Phi) is 7.61. The summed E-state index contributed by atoms with van der Waals surface area (Å²) < 4.78 is 6.05. The smallest absolute Gasteiger partial charge is 0.252 e. The van der Waals surface area contributed by atoms with E-state index in [9.17, 15) is 4.79 Å². The number of hydrogen-bond acceptors (Lipinski definition) is 3. The summed E-state index contributed by atoms with van der Waals surface area (Å²) in [5.74, 6) is 1.32. The Morgan fingerprint density at radius 1 is 1.55 bits per heavy atom. The molecule has 1 aliphatic rings. The van der Waals surface area contributed by atoms with Gasteiger partial charge in [-0.15, -0.1) is 12.4 Å². The minimum absolute atomic E-state index is 0. The van der Waals surface area contributed by atoms with Gasteiger partial charge in [-0.3, -0.25) is 4.79 Å². The van der Waals surface area contributed by atoms with Crippen molar-refractivity contribution < 1.29 is 9.53 Å². The molecule has 0 bridgehead atoms. The molecule has 2 N–H and O–H groups in total. The molecule has 0 spiro atoms. The van der Waals surface area contributed by atoms with Crippen LogP contribution in [0.3, 0.4) is 0 Å². The lowest BCUT2D eigenvalue weighted by atomic mass is 10.00. The summed E-state index contributed by atoms with van der Waals surface area (Å²) in [6.45, 7) is 2.84. The van der Waals surface area contributed by atoms with Gasteiger partial charge in [-0.1, -0.05) is 0 Å². The first kappa shape index (κ1) is 17.5. The maximum Gasteiger partial charge on any atom is 0.252 e. The van der Waals surface area contributed by atoms with Gasteiger partial charge >= 0.3 is 0 Å². The molecule has 0 saturated carbocycles. The van der Waals surface area contributed by atoms with Crippen molar-refractivity contribution in [3.63, 3.8) is 0 Å². The molecular formula is C14H20ClIN2O2. The van der Waals surface area contributed by atoms with Gasteiger partial charge in [0.15, 0.2) is 0 Å². The Hall–Kier alpha value is -0.530.